The van der Waals surface area contributed by atoms with Gasteiger partial charge < -0.3 is 9.84 Å². The molecule has 7 heteroatoms. The molecule has 4 nitrogen and oxygen atoms in total. The van der Waals surface area contributed by atoms with Gasteiger partial charge in [-0.2, -0.15) is 5.10 Å². The largest absolute Gasteiger partial charge is 0.493 e. The lowest BCUT2D eigenvalue weighted by Gasteiger charge is -2.15. The van der Waals surface area contributed by atoms with Crippen LogP contribution in [-0.2, 0) is 6.54 Å². The monoisotopic (exact) mass is 286 g/mol. The second kappa shape index (κ2) is 5.54. The number of nitrogens with zero attached hydrogens (tertiary/aromatic N) is 2. The van der Waals surface area contributed by atoms with E-state index < -0.39 is 23.6 Å². The molecule has 2 rings (SSSR count). The van der Waals surface area contributed by atoms with Gasteiger partial charge in [0.25, 0.3) is 0 Å². The molecule has 0 spiro atoms. The summed E-state index contributed by atoms with van der Waals surface area (Å²) in [6, 6.07) is 1.02. The van der Waals surface area contributed by atoms with E-state index in [0.717, 1.165) is 0 Å². The number of aliphatic hydroxyl groups is 1. The molecule has 1 aromatic heterocycles. The van der Waals surface area contributed by atoms with E-state index >= 15 is 0 Å². The van der Waals surface area contributed by atoms with Gasteiger partial charge in [0.15, 0.2) is 17.4 Å². The Labute approximate surface area is 113 Å². The zero-order valence-corrected chi connectivity index (χ0v) is 10.9. The van der Waals surface area contributed by atoms with Gasteiger partial charge in [0, 0.05) is 18.2 Å². The summed E-state index contributed by atoms with van der Waals surface area (Å²) in [4.78, 5) is 0. The molecule has 20 heavy (non-hydrogen) atoms. The minimum absolute atomic E-state index is 0.180. The second-order valence-electron chi connectivity index (χ2n) is 4.10. The summed E-state index contributed by atoms with van der Waals surface area (Å²) in [5, 5.41) is 14.2. The maximum absolute atomic E-state index is 13.7. The van der Waals surface area contributed by atoms with Crippen molar-refractivity contribution in [3.63, 3.8) is 0 Å². The van der Waals surface area contributed by atoms with Crippen LogP contribution in [0.4, 0.5) is 13.2 Å². The minimum atomic E-state index is -1.51. The molecule has 1 unspecified atom stereocenters. The van der Waals surface area contributed by atoms with Crippen molar-refractivity contribution >= 4 is 0 Å². The van der Waals surface area contributed by atoms with Gasteiger partial charge in [0.1, 0.15) is 17.6 Å². The first-order valence-corrected chi connectivity index (χ1v) is 5.91. The average molecular weight is 286 g/mol. The molecule has 1 aromatic carbocycles. The molecule has 0 aliphatic rings. The quantitative estimate of drug-likeness (QED) is 0.878. The molecule has 0 amide bonds. The van der Waals surface area contributed by atoms with Crippen LogP contribution >= 0.6 is 0 Å². The van der Waals surface area contributed by atoms with Gasteiger partial charge in [-0.05, 0) is 13.0 Å². The molecular weight excluding hydrogens is 273 g/mol. The van der Waals surface area contributed by atoms with Crippen molar-refractivity contribution in [1.82, 2.24) is 9.78 Å². The lowest BCUT2D eigenvalue weighted by molar-refractivity contribution is 0.197. The molecule has 0 aliphatic heterocycles. The summed E-state index contributed by atoms with van der Waals surface area (Å²) in [7, 11) is 1.37. The van der Waals surface area contributed by atoms with Crippen LogP contribution in [0.5, 0.6) is 5.75 Å². The molecular formula is C13H13F3N2O2. The Morgan fingerprint density at radius 1 is 1.25 bits per heavy atom. The molecule has 2 aromatic rings. The summed E-state index contributed by atoms with van der Waals surface area (Å²) in [5.41, 5.74) is -0.197. The third kappa shape index (κ3) is 2.36. The Morgan fingerprint density at radius 2 is 1.90 bits per heavy atom. The van der Waals surface area contributed by atoms with E-state index in [2.05, 4.69) is 5.10 Å². The predicted molar refractivity (Wildman–Crippen MR) is 64.8 cm³/mol. The van der Waals surface area contributed by atoms with Crippen LogP contribution in [0.1, 0.15) is 24.3 Å². The van der Waals surface area contributed by atoms with Crippen molar-refractivity contribution in [3.05, 3.63) is 47.0 Å². The fraction of sp³-hybridized carbons (Fsp3) is 0.308. The first-order chi connectivity index (χ1) is 9.49. The topological polar surface area (TPSA) is 47.3 Å². The van der Waals surface area contributed by atoms with Crippen molar-refractivity contribution < 1.29 is 23.0 Å². The number of hydrogen-bond acceptors (Lipinski definition) is 3. The number of hydrogen-bond donors (Lipinski definition) is 1. The molecule has 0 aliphatic carbocycles. The van der Waals surface area contributed by atoms with Crippen molar-refractivity contribution in [3.8, 4) is 5.75 Å². The highest BCUT2D eigenvalue weighted by Gasteiger charge is 2.25. The van der Waals surface area contributed by atoms with E-state index in [-0.39, 0.29) is 17.0 Å². The van der Waals surface area contributed by atoms with Crippen molar-refractivity contribution in [2.75, 3.05) is 7.11 Å². The Hall–Kier alpha value is -2.02. The third-order valence-electron chi connectivity index (χ3n) is 2.96. The highest BCUT2D eigenvalue weighted by Crippen LogP contribution is 2.32. The van der Waals surface area contributed by atoms with Gasteiger partial charge in [-0.1, -0.05) is 0 Å². The summed E-state index contributed by atoms with van der Waals surface area (Å²) in [6.45, 7) is 2.17. The van der Waals surface area contributed by atoms with E-state index in [1.54, 1.807) is 6.92 Å². The van der Waals surface area contributed by atoms with Gasteiger partial charge in [0.05, 0.1) is 13.3 Å². The average Bonchev–Trinajstić information content (AvgIpc) is 2.85. The van der Waals surface area contributed by atoms with Crippen LogP contribution < -0.4 is 4.74 Å². The standard InChI is InChI=1S/C13H13F3N2O2/c1-3-18-12(11(20-2)6-17-18)13(19)7-4-9(15)10(16)5-8(7)14/h4-6,13,19H,3H2,1-2H3. The van der Waals surface area contributed by atoms with Gasteiger partial charge in [0.2, 0.25) is 0 Å². The van der Waals surface area contributed by atoms with Gasteiger partial charge in [-0.25, -0.2) is 13.2 Å². The zero-order chi connectivity index (χ0) is 14.9. The van der Waals surface area contributed by atoms with Gasteiger partial charge >= 0.3 is 0 Å². The van der Waals surface area contributed by atoms with Crippen molar-refractivity contribution in [2.45, 2.75) is 19.6 Å². The fourth-order valence-corrected chi connectivity index (χ4v) is 1.96. The normalized spacial score (nSPS) is 12.5. The van der Waals surface area contributed by atoms with Crippen LogP contribution in [-0.4, -0.2) is 22.0 Å². The number of rotatable bonds is 4. The Balaban J connectivity index is 2.53. The van der Waals surface area contributed by atoms with Crippen LogP contribution in [0.3, 0.4) is 0 Å². The summed E-state index contributed by atoms with van der Waals surface area (Å²) < 4.78 is 46.3. The first kappa shape index (κ1) is 14.4. The maximum Gasteiger partial charge on any atom is 0.163 e. The molecule has 108 valence electrons. The molecule has 0 radical (unpaired) electrons. The van der Waals surface area contributed by atoms with Gasteiger partial charge in [-0.15, -0.1) is 0 Å². The highest BCUT2D eigenvalue weighted by molar-refractivity contribution is 5.35. The van der Waals surface area contributed by atoms with E-state index in [1.807, 2.05) is 0 Å². The molecule has 0 saturated carbocycles. The molecule has 1 atom stereocenters. The summed E-state index contributed by atoms with van der Waals surface area (Å²) >= 11 is 0. The number of halogens is 3. The number of benzene rings is 1. The Kier molecular flexibility index (Phi) is 3.99. The summed E-state index contributed by atoms with van der Waals surface area (Å²) in [6.07, 6.45) is -0.151. The molecule has 0 saturated heterocycles. The number of ether oxygens (including phenoxy) is 1. The van der Waals surface area contributed by atoms with E-state index in [1.165, 1.54) is 18.0 Å². The van der Waals surface area contributed by atoms with Crippen molar-refractivity contribution in [2.24, 2.45) is 0 Å². The first-order valence-electron chi connectivity index (χ1n) is 5.91. The van der Waals surface area contributed by atoms with E-state index in [9.17, 15) is 18.3 Å². The van der Waals surface area contributed by atoms with E-state index in [0.29, 0.717) is 18.7 Å². The SMILES string of the molecule is CCn1ncc(OC)c1C(O)c1cc(F)c(F)cc1F. The third-order valence-corrected chi connectivity index (χ3v) is 2.96. The minimum Gasteiger partial charge on any atom is -0.493 e. The lowest BCUT2D eigenvalue weighted by atomic mass is 10.0. The van der Waals surface area contributed by atoms with Crippen LogP contribution in [0.15, 0.2) is 18.3 Å². The van der Waals surface area contributed by atoms with Crippen LogP contribution in [0.2, 0.25) is 0 Å². The predicted octanol–water partition coefficient (Wildman–Crippen LogP) is 2.41. The Morgan fingerprint density at radius 3 is 2.50 bits per heavy atom. The van der Waals surface area contributed by atoms with Crippen LogP contribution in [0, 0.1) is 17.5 Å². The number of aryl methyl sites for hydroxylation is 1. The van der Waals surface area contributed by atoms with E-state index in [4.69, 9.17) is 4.74 Å². The fourth-order valence-electron chi connectivity index (χ4n) is 1.96. The molecule has 0 bridgehead atoms. The molecule has 1 heterocycles. The van der Waals surface area contributed by atoms with Crippen LogP contribution in [0.25, 0.3) is 0 Å². The Bertz CT molecular complexity index is 607. The smallest absolute Gasteiger partial charge is 0.163 e. The van der Waals surface area contributed by atoms with Gasteiger partial charge in [-0.3, -0.25) is 4.68 Å². The zero-order valence-electron chi connectivity index (χ0n) is 10.9. The number of aromatic nitrogens is 2. The second-order valence-corrected chi connectivity index (χ2v) is 4.10. The number of aliphatic hydroxyl groups excluding tert-OH is 1. The summed E-state index contributed by atoms with van der Waals surface area (Å²) in [5.74, 6) is -3.35. The highest BCUT2D eigenvalue weighted by atomic mass is 19.2. The van der Waals surface area contributed by atoms with Crippen molar-refractivity contribution in [1.29, 1.82) is 0 Å². The molecule has 0 fully saturated rings. The molecule has 1 N–H and O–H groups in total. The number of methoxy groups -OCH3 is 1. The maximum atomic E-state index is 13.7. The lowest BCUT2D eigenvalue weighted by Crippen LogP contribution is -2.12.